The summed E-state index contributed by atoms with van der Waals surface area (Å²) in [5.74, 6) is 0.288. The molecular weight excluding hydrogens is 384 g/mol. The molecule has 0 bridgehead atoms. The Morgan fingerprint density at radius 3 is 2.41 bits per heavy atom. The summed E-state index contributed by atoms with van der Waals surface area (Å²) in [6, 6.07) is 4.47. The molecule has 4 rings (SSSR count). The Kier molecular flexibility index (Phi) is 5.40. The van der Waals surface area contributed by atoms with Gasteiger partial charge in [-0.25, -0.2) is 4.79 Å². The van der Waals surface area contributed by atoms with Crippen molar-refractivity contribution in [3.05, 3.63) is 21.9 Å². The predicted molar refractivity (Wildman–Crippen MR) is 116 cm³/mol. The third-order valence-corrected chi connectivity index (χ3v) is 8.48. The minimum atomic E-state index is -0.389. The van der Waals surface area contributed by atoms with Crippen molar-refractivity contribution in [1.82, 2.24) is 19.6 Å². The van der Waals surface area contributed by atoms with Crippen LogP contribution in [0.5, 0.6) is 0 Å². The monoisotopic (exact) mass is 418 g/mol. The lowest BCUT2D eigenvalue weighted by molar-refractivity contribution is -0.142. The van der Waals surface area contributed by atoms with Crippen LogP contribution in [0.4, 0.5) is 4.79 Å². The standard InChI is InChI=1S/C22H34N4O2S/c1-5-25-13-10-22(19(25)27)16-26(20(28)23(3)4)15-21(22)8-11-24(12-9-21)14-18-7-6-17(2)29-18/h6-7H,5,8-16H2,1-4H3/t22-/m0/s1. The van der Waals surface area contributed by atoms with Crippen molar-refractivity contribution >= 4 is 23.3 Å². The predicted octanol–water partition coefficient (Wildman–Crippen LogP) is 2.87. The molecule has 3 saturated heterocycles. The lowest BCUT2D eigenvalue weighted by Gasteiger charge is -2.46. The molecule has 3 amide bonds. The van der Waals surface area contributed by atoms with E-state index in [2.05, 4.69) is 30.9 Å². The summed E-state index contributed by atoms with van der Waals surface area (Å²) in [6.07, 6.45) is 2.89. The minimum absolute atomic E-state index is 0.0421. The van der Waals surface area contributed by atoms with E-state index in [9.17, 15) is 9.59 Å². The second-order valence-corrected chi connectivity index (χ2v) is 10.7. The van der Waals surface area contributed by atoms with E-state index in [1.807, 2.05) is 21.1 Å². The highest BCUT2D eigenvalue weighted by Gasteiger charge is 2.65. The third kappa shape index (κ3) is 3.36. The molecule has 3 aliphatic heterocycles. The van der Waals surface area contributed by atoms with Gasteiger partial charge in [-0.1, -0.05) is 0 Å². The first kappa shape index (κ1) is 20.7. The van der Waals surface area contributed by atoms with Gasteiger partial charge in [0.05, 0.1) is 5.41 Å². The average molecular weight is 419 g/mol. The van der Waals surface area contributed by atoms with Crippen LogP contribution in [-0.4, -0.2) is 84.9 Å². The second kappa shape index (κ2) is 7.58. The number of hydrogen-bond donors (Lipinski definition) is 0. The molecule has 2 spiro atoms. The number of aryl methyl sites for hydroxylation is 1. The summed E-state index contributed by atoms with van der Waals surface area (Å²) in [5.41, 5.74) is -0.470. The highest BCUT2D eigenvalue weighted by atomic mass is 32.1. The molecular formula is C22H34N4O2S. The van der Waals surface area contributed by atoms with Gasteiger partial charge in [0.15, 0.2) is 0 Å². The van der Waals surface area contributed by atoms with Crippen LogP contribution in [0, 0.1) is 17.8 Å². The van der Waals surface area contributed by atoms with E-state index in [0.717, 1.165) is 58.5 Å². The molecule has 1 aromatic heterocycles. The van der Waals surface area contributed by atoms with E-state index in [0.29, 0.717) is 6.54 Å². The molecule has 1 aromatic rings. The number of rotatable bonds is 3. The van der Waals surface area contributed by atoms with Crippen molar-refractivity contribution in [3.8, 4) is 0 Å². The van der Waals surface area contributed by atoms with Crippen LogP contribution < -0.4 is 0 Å². The molecule has 3 fully saturated rings. The Labute approximate surface area is 178 Å². The van der Waals surface area contributed by atoms with E-state index < -0.39 is 0 Å². The quantitative estimate of drug-likeness (QED) is 0.758. The van der Waals surface area contributed by atoms with Crippen LogP contribution in [0.15, 0.2) is 12.1 Å². The fourth-order valence-electron chi connectivity index (χ4n) is 5.83. The van der Waals surface area contributed by atoms with Crippen molar-refractivity contribution in [1.29, 1.82) is 0 Å². The number of carbonyl (C=O) groups excluding carboxylic acids is 2. The Morgan fingerprint density at radius 1 is 1.14 bits per heavy atom. The summed E-state index contributed by atoms with van der Waals surface area (Å²) < 4.78 is 0. The number of urea groups is 1. The first-order valence-electron chi connectivity index (χ1n) is 10.8. The zero-order chi connectivity index (χ0) is 20.8. The first-order valence-corrected chi connectivity index (χ1v) is 11.7. The first-order chi connectivity index (χ1) is 13.8. The highest BCUT2D eigenvalue weighted by Crippen LogP contribution is 2.58. The molecule has 0 N–H and O–H groups in total. The third-order valence-electron chi connectivity index (χ3n) is 7.50. The average Bonchev–Trinajstić information content (AvgIpc) is 3.35. The maximum Gasteiger partial charge on any atom is 0.319 e. The van der Waals surface area contributed by atoms with Gasteiger partial charge >= 0.3 is 6.03 Å². The molecule has 7 heteroatoms. The van der Waals surface area contributed by atoms with E-state index in [-0.39, 0.29) is 22.8 Å². The molecule has 4 heterocycles. The van der Waals surface area contributed by atoms with Gasteiger partial charge in [0.1, 0.15) is 0 Å². The highest BCUT2D eigenvalue weighted by molar-refractivity contribution is 7.11. The number of carbonyl (C=O) groups is 2. The number of fused-ring (bicyclic) bond motifs is 1. The maximum atomic E-state index is 13.5. The van der Waals surface area contributed by atoms with Crippen LogP contribution in [-0.2, 0) is 11.3 Å². The molecule has 0 aromatic carbocycles. The number of amides is 3. The zero-order valence-electron chi connectivity index (χ0n) is 18.2. The van der Waals surface area contributed by atoms with Gasteiger partial charge in [-0.05, 0) is 58.3 Å². The van der Waals surface area contributed by atoms with Gasteiger partial charge in [0.25, 0.3) is 0 Å². The number of likely N-dealkylation sites (tertiary alicyclic amines) is 3. The maximum absolute atomic E-state index is 13.5. The summed E-state index contributed by atoms with van der Waals surface area (Å²) >= 11 is 1.87. The number of thiophene rings is 1. The molecule has 6 nitrogen and oxygen atoms in total. The molecule has 29 heavy (non-hydrogen) atoms. The number of hydrogen-bond acceptors (Lipinski definition) is 4. The molecule has 1 atom stereocenters. The van der Waals surface area contributed by atoms with Gasteiger partial charge in [-0.15, -0.1) is 11.3 Å². The van der Waals surface area contributed by atoms with Gasteiger partial charge < -0.3 is 14.7 Å². The Morgan fingerprint density at radius 2 is 1.86 bits per heavy atom. The van der Waals surface area contributed by atoms with Crippen LogP contribution >= 0.6 is 11.3 Å². The molecule has 0 saturated carbocycles. The van der Waals surface area contributed by atoms with E-state index >= 15 is 0 Å². The molecule has 0 radical (unpaired) electrons. The topological polar surface area (TPSA) is 47.1 Å². The SMILES string of the molecule is CCN1CC[C@]2(CN(C(=O)N(C)C)CC23CCN(Cc2ccc(C)s2)CC3)C1=O. The second-order valence-electron chi connectivity index (χ2n) is 9.32. The normalized spacial score (nSPS) is 26.8. The van der Waals surface area contributed by atoms with E-state index in [1.54, 1.807) is 19.0 Å². The van der Waals surface area contributed by atoms with Crippen LogP contribution in [0.1, 0.15) is 35.9 Å². The van der Waals surface area contributed by atoms with Gasteiger partial charge in [-0.3, -0.25) is 9.69 Å². The smallest absolute Gasteiger partial charge is 0.319 e. The fraction of sp³-hybridized carbons (Fsp3) is 0.727. The van der Waals surface area contributed by atoms with Crippen molar-refractivity contribution in [3.63, 3.8) is 0 Å². The molecule has 3 aliphatic rings. The van der Waals surface area contributed by atoms with Gasteiger partial charge in [-0.2, -0.15) is 0 Å². The van der Waals surface area contributed by atoms with Crippen molar-refractivity contribution in [2.75, 3.05) is 53.4 Å². The van der Waals surface area contributed by atoms with E-state index in [1.165, 1.54) is 9.75 Å². The Hall–Kier alpha value is -1.60. The van der Waals surface area contributed by atoms with Crippen molar-refractivity contribution in [2.24, 2.45) is 10.8 Å². The fourth-order valence-corrected chi connectivity index (χ4v) is 6.76. The zero-order valence-corrected chi connectivity index (χ0v) is 19.1. The Bertz CT molecular complexity index is 784. The van der Waals surface area contributed by atoms with Crippen LogP contribution in [0.25, 0.3) is 0 Å². The van der Waals surface area contributed by atoms with E-state index in [4.69, 9.17) is 0 Å². The molecule has 160 valence electrons. The minimum Gasteiger partial charge on any atom is -0.342 e. The summed E-state index contributed by atoms with van der Waals surface area (Å²) in [5, 5.41) is 0. The lowest BCUT2D eigenvalue weighted by atomic mass is 9.60. The van der Waals surface area contributed by atoms with Gasteiger partial charge in [0, 0.05) is 62.0 Å². The van der Waals surface area contributed by atoms with Crippen LogP contribution in [0.2, 0.25) is 0 Å². The van der Waals surface area contributed by atoms with Crippen molar-refractivity contribution < 1.29 is 9.59 Å². The largest absolute Gasteiger partial charge is 0.342 e. The Balaban J connectivity index is 1.55. The lowest BCUT2D eigenvalue weighted by Crippen LogP contribution is -2.52. The number of nitrogens with zero attached hydrogens (tertiary/aromatic N) is 4. The summed E-state index contributed by atoms with van der Waals surface area (Å²) in [7, 11) is 3.61. The van der Waals surface area contributed by atoms with Gasteiger partial charge in [0.2, 0.25) is 5.91 Å². The van der Waals surface area contributed by atoms with Crippen molar-refractivity contribution in [2.45, 2.75) is 39.7 Å². The van der Waals surface area contributed by atoms with Crippen LogP contribution in [0.3, 0.4) is 0 Å². The number of piperidine rings is 1. The molecule has 0 unspecified atom stereocenters. The summed E-state index contributed by atoms with van der Waals surface area (Å²) in [4.78, 5) is 37.2. The molecule has 0 aliphatic carbocycles. The summed E-state index contributed by atoms with van der Waals surface area (Å²) in [6.45, 7) is 10.1.